The van der Waals surface area contributed by atoms with Crippen molar-refractivity contribution >= 4 is 17.8 Å². The average Bonchev–Trinajstić information content (AvgIpc) is 2.16. The fraction of sp³-hybridized carbons (Fsp3) is 0.385. The Balaban J connectivity index is 2.30. The maximum atomic E-state index is 2.33. The molecule has 0 nitrogen and oxygen atoms in total. The highest BCUT2D eigenvalue weighted by molar-refractivity contribution is 8.00. The molecule has 1 aromatic carbocycles. The van der Waals surface area contributed by atoms with Gasteiger partial charge in [-0.3, -0.25) is 0 Å². The average molecular weight is 204 g/mol. The maximum Gasteiger partial charge on any atom is 0.0326 e. The molecule has 14 heavy (non-hydrogen) atoms. The predicted octanol–water partition coefficient (Wildman–Crippen LogP) is 4.22. The van der Waals surface area contributed by atoms with Crippen LogP contribution in [0.1, 0.15) is 26.3 Å². The number of fused-ring (bicyclic) bond motifs is 1. The van der Waals surface area contributed by atoms with Crippen molar-refractivity contribution in [3.8, 4) is 0 Å². The Kier molecular flexibility index (Phi) is 2.44. The first-order chi connectivity index (χ1) is 6.57. The molecule has 0 fully saturated rings. The third kappa shape index (κ3) is 1.88. The highest BCUT2D eigenvalue weighted by atomic mass is 32.2. The molecule has 0 aliphatic carbocycles. The predicted molar refractivity (Wildman–Crippen MR) is 64.6 cm³/mol. The first-order valence-corrected chi connectivity index (χ1v) is 5.89. The van der Waals surface area contributed by atoms with Gasteiger partial charge in [-0.1, -0.05) is 51.1 Å². The molecule has 1 aliphatic heterocycles. The van der Waals surface area contributed by atoms with Crippen molar-refractivity contribution in [2.45, 2.75) is 30.9 Å². The van der Waals surface area contributed by atoms with E-state index in [1.54, 1.807) is 0 Å². The Bertz CT molecular complexity index is 358. The standard InChI is InChI=1S/C13H16S/c1-13(2,3)12-9-8-10-6-4-5-7-11(10)14-12/h4-9,12H,1-3H3. The van der Waals surface area contributed by atoms with Crippen LogP contribution in [0.2, 0.25) is 0 Å². The lowest BCUT2D eigenvalue weighted by Gasteiger charge is -2.30. The van der Waals surface area contributed by atoms with Crippen LogP contribution in [0.25, 0.3) is 6.08 Å². The fourth-order valence-electron chi connectivity index (χ4n) is 1.56. The largest absolute Gasteiger partial charge is 0.117 e. The van der Waals surface area contributed by atoms with Gasteiger partial charge in [-0.25, -0.2) is 0 Å². The van der Waals surface area contributed by atoms with Gasteiger partial charge in [0.1, 0.15) is 0 Å². The van der Waals surface area contributed by atoms with Gasteiger partial charge in [0.15, 0.2) is 0 Å². The van der Waals surface area contributed by atoms with E-state index in [1.807, 2.05) is 11.8 Å². The van der Waals surface area contributed by atoms with Gasteiger partial charge < -0.3 is 0 Å². The van der Waals surface area contributed by atoms with Crippen molar-refractivity contribution in [1.29, 1.82) is 0 Å². The quantitative estimate of drug-likeness (QED) is 0.609. The van der Waals surface area contributed by atoms with E-state index in [0.29, 0.717) is 10.7 Å². The molecule has 1 unspecified atom stereocenters. The van der Waals surface area contributed by atoms with Crippen molar-refractivity contribution < 1.29 is 0 Å². The van der Waals surface area contributed by atoms with Crippen molar-refractivity contribution in [3.05, 3.63) is 35.9 Å². The summed E-state index contributed by atoms with van der Waals surface area (Å²) in [6.45, 7) is 6.88. The van der Waals surface area contributed by atoms with E-state index in [4.69, 9.17) is 0 Å². The van der Waals surface area contributed by atoms with Gasteiger partial charge in [0.05, 0.1) is 0 Å². The second-order valence-electron chi connectivity index (χ2n) is 4.80. The molecule has 1 aromatic rings. The Morgan fingerprint density at radius 3 is 2.57 bits per heavy atom. The second kappa shape index (κ2) is 3.47. The molecule has 0 N–H and O–H groups in total. The Morgan fingerprint density at radius 2 is 1.86 bits per heavy atom. The molecule has 1 heteroatoms. The lowest BCUT2D eigenvalue weighted by molar-refractivity contribution is 0.432. The lowest BCUT2D eigenvalue weighted by atomic mass is 9.91. The first kappa shape index (κ1) is 9.85. The summed E-state index contributed by atoms with van der Waals surface area (Å²) in [7, 11) is 0. The van der Waals surface area contributed by atoms with Crippen LogP contribution in [0.3, 0.4) is 0 Å². The molecule has 0 bridgehead atoms. The highest BCUT2D eigenvalue weighted by Crippen LogP contribution is 2.41. The highest BCUT2D eigenvalue weighted by Gasteiger charge is 2.25. The van der Waals surface area contributed by atoms with Crippen LogP contribution in [0.5, 0.6) is 0 Å². The minimum Gasteiger partial charge on any atom is -0.117 e. The zero-order valence-corrected chi connectivity index (χ0v) is 9.77. The van der Waals surface area contributed by atoms with Crippen LogP contribution in [0, 0.1) is 5.41 Å². The summed E-state index contributed by atoms with van der Waals surface area (Å²) in [6.07, 6.45) is 4.58. The van der Waals surface area contributed by atoms with E-state index in [1.165, 1.54) is 10.5 Å². The first-order valence-electron chi connectivity index (χ1n) is 5.01. The van der Waals surface area contributed by atoms with Crippen molar-refractivity contribution in [2.75, 3.05) is 0 Å². The van der Waals surface area contributed by atoms with Crippen LogP contribution in [0.15, 0.2) is 35.2 Å². The van der Waals surface area contributed by atoms with E-state index < -0.39 is 0 Å². The summed E-state index contributed by atoms with van der Waals surface area (Å²) < 4.78 is 0. The third-order valence-electron chi connectivity index (χ3n) is 2.48. The molecule has 1 heterocycles. The minimum absolute atomic E-state index is 0.342. The SMILES string of the molecule is CC(C)(C)C1C=Cc2ccccc2S1. The van der Waals surface area contributed by atoms with Gasteiger partial charge in [-0.2, -0.15) is 0 Å². The number of benzene rings is 1. The maximum absolute atomic E-state index is 2.33. The van der Waals surface area contributed by atoms with Crippen molar-refractivity contribution in [2.24, 2.45) is 5.41 Å². The molecule has 0 aromatic heterocycles. The molecule has 1 aliphatic rings. The lowest BCUT2D eigenvalue weighted by Crippen LogP contribution is -2.22. The van der Waals surface area contributed by atoms with Crippen LogP contribution >= 0.6 is 11.8 Å². The minimum atomic E-state index is 0.342. The zero-order chi connectivity index (χ0) is 10.2. The molecule has 0 amide bonds. The monoisotopic (exact) mass is 204 g/mol. The van der Waals surface area contributed by atoms with Crippen LogP contribution < -0.4 is 0 Å². The third-order valence-corrected chi connectivity index (χ3v) is 4.22. The van der Waals surface area contributed by atoms with Gasteiger partial charge in [0.25, 0.3) is 0 Å². The summed E-state index contributed by atoms with van der Waals surface area (Å²) in [5.41, 5.74) is 1.70. The number of hydrogen-bond acceptors (Lipinski definition) is 1. The molecule has 74 valence electrons. The molecular weight excluding hydrogens is 188 g/mol. The summed E-state index contributed by atoms with van der Waals surface area (Å²) >= 11 is 1.98. The van der Waals surface area contributed by atoms with Crippen LogP contribution in [-0.2, 0) is 0 Å². The van der Waals surface area contributed by atoms with Gasteiger partial charge in [-0.15, -0.1) is 11.8 Å². The van der Waals surface area contributed by atoms with Crippen LogP contribution in [-0.4, -0.2) is 5.25 Å². The van der Waals surface area contributed by atoms with Crippen molar-refractivity contribution in [1.82, 2.24) is 0 Å². The zero-order valence-electron chi connectivity index (χ0n) is 8.95. The van der Waals surface area contributed by atoms with Gasteiger partial charge in [-0.05, 0) is 17.0 Å². The summed E-state index contributed by atoms with van der Waals surface area (Å²) in [4.78, 5) is 1.41. The molecule has 2 rings (SSSR count). The second-order valence-corrected chi connectivity index (χ2v) is 5.98. The van der Waals surface area contributed by atoms with Crippen LogP contribution in [0.4, 0.5) is 0 Å². The van der Waals surface area contributed by atoms with Gasteiger partial charge in [0.2, 0.25) is 0 Å². The molecular formula is C13H16S. The van der Waals surface area contributed by atoms with E-state index in [2.05, 4.69) is 57.2 Å². The molecule has 0 saturated heterocycles. The Labute approximate surface area is 90.4 Å². The fourth-order valence-corrected chi connectivity index (χ4v) is 2.77. The molecule has 0 saturated carbocycles. The van der Waals surface area contributed by atoms with E-state index in [9.17, 15) is 0 Å². The topological polar surface area (TPSA) is 0 Å². The van der Waals surface area contributed by atoms with Crippen molar-refractivity contribution in [3.63, 3.8) is 0 Å². The smallest absolute Gasteiger partial charge is 0.0326 e. The van der Waals surface area contributed by atoms with Gasteiger partial charge in [0, 0.05) is 10.1 Å². The Morgan fingerprint density at radius 1 is 1.14 bits per heavy atom. The molecule has 1 atom stereocenters. The van der Waals surface area contributed by atoms with E-state index >= 15 is 0 Å². The number of thioether (sulfide) groups is 1. The van der Waals surface area contributed by atoms with E-state index in [0.717, 1.165) is 0 Å². The summed E-state index contributed by atoms with van der Waals surface area (Å²) in [5.74, 6) is 0. The molecule has 0 radical (unpaired) electrons. The summed E-state index contributed by atoms with van der Waals surface area (Å²) in [5, 5.41) is 0.595. The molecule has 0 spiro atoms. The normalized spacial score (nSPS) is 20.6. The van der Waals surface area contributed by atoms with E-state index in [-0.39, 0.29) is 0 Å². The number of rotatable bonds is 0. The number of hydrogen-bond donors (Lipinski definition) is 0. The Hall–Kier alpha value is -0.690. The summed E-state index contributed by atoms with van der Waals surface area (Å²) in [6, 6.07) is 8.60. The van der Waals surface area contributed by atoms with Gasteiger partial charge >= 0.3 is 0 Å².